The SMILES string of the molecule is COC(=O)[C@@H](CCSC)NC(=O)C(Cc1ccccc1)OC[C@]1(C(=O)Cc2cncn2Cc2ccc(OC)cc2)CCCN1. The zero-order chi connectivity index (χ0) is 31.4. The summed E-state index contributed by atoms with van der Waals surface area (Å²) in [6.45, 7) is 1.27. The first-order valence-corrected chi connectivity index (χ1v) is 16.2. The van der Waals surface area contributed by atoms with E-state index in [1.165, 1.54) is 7.11 Å². The standard InChI is InChI=1S/C33H42N4O6S/c1-41-27-12-10-25(11-13-27)21-37-23-34-20-26(37)19-30(38)33(15-7-16-35-33)22-43-29(18-24-8-5-4-6-9-24)31(39)36-28(14-17-44-3)32(40)42-2/h4-6,8-13,20,23,28-29,35H,7,14-19,21-22H2,1-3H3,(H,36,39)/t28-,29?,33+/m1/s1. The molecule has 0 spiro atoms. The zero-order valence-electron chi connectivity index (χ0n) is 25.6. The lowest BCUT2D eigenvalue weighted by Gasteiger charge is -2.30. The number of ketones is 1. The molecule has 11 heteroatoms. The van der Waals surface area contributed by atoms with Crippen molar-refractivity contribution < 1.29 is 28.6 Å². The number of rotatable bonds is 17. The number of amides is 1. The molecule has 0 bridgehead atoms. The minimum absolute atomic E-state index is 0.0160. The fraction of sp³-hybridized carbons (Fsp3) is 0.455. The summed E-state index contributed by atoms with van der Waals surface area (Å²) in [6.07, 6.45) is 6.78. The Kier molecular flexibility index (Phi) is 12.4. The monoisotopic (exact) mass is 622 g/mol. The van der Waals surface area contributed by atoms with Gasteiger partial charge in [-0.05, 0) is 61.1 Å². The van der Waals surface area contributed by atoms with Crippen molar-refractivity contribution in [1.82, 2.24) is 20.2 Å². The number of aromatic nitrogens is 2. The molecule has 1 saturated heterocycles. The maximum absolute atomic E-state index is 13.9. The molecule has 1 aromatic heterocycles. The van der Waals surface area contributed by atoms with Gasteiger partial charge in [0.05, 0.1) is 33.6 Å². The normalized spacial score (nSPS) is 17.5. The maximum Gasteiger partial charge on any atom is 0.328 e. The number of nitrogens with one attached hydrogen (secondary N) is 2. The number of carbonyl (C=O) groups is 3. The van der Waals surface area contributed by atoms with E-state index in [0.717, 1.165) is 29.0 Å². The predicted octanol–water partition coefficient (Wildman–Crippen LogP) is 3.21. The molecule has 3 atom stereocenters. The van der Waals surface area contributed by atoms with Gasteiger partial charge in [0.2, 0.25) is 5.91 Å². The van der Waals surface area contributed by atoms with Gasteiger partial charge in [-0.2, -0.15) is 11.8 Å². The van der Waals surface area contributed by atoms with Crippen LogP contribution in [0.5, 0.6) is 5.75 Å². The number of hydrogen-bond donors (Lipinski definition) is 2. The Bertz CT molecular complexity index is 1360. The topological polar surface area (TPSA) is 121 Å². The molecule has 10 nitrogen and oxygen atoms in total. The fourth-order valence-electron chi connectivity index (χ4n) is 5.34. The Labute approximate surface area is 263 Å². The van der Waals surface area contributed by atoms with E-state index in [9.17, 15) is 14.4 Å². The molecule has 1 fully saturated rings. The van der Waals surface area contributed by atoms with E-state index in [4.69, 9.17) is 14.2 Å². The lowest BCUT2D eigenvalue weighted by molar-refractivity contribution is -0.147. The lowest BCUT2D eigenvalue weighted by atomic mass is 9.90. The molecule has 0 radical (unpaired) electrons. The highest BCUT2D eigenvalue weighted by atomic mass is 32.2. The summed E-state index contributed by atoms with van der Waals surface area (Å²) in [5, 5.41) is 6.23. The van der Waals surface area contributed by atoms with Gasteiger partial charge in [0.25, 0.3) is 0 Å². The van der Waals surface area contributed by atoms with E-state index < -0.39 is 29.6 Å². The Morgan fingerprint density at radius 1 is 1.09 bits per heavy atom. The van der Waals surface area contributed by atoms with Gasteiger partial charge in [-0.1, -0.05) is 42.5 Å². The highest BCUT2D eigenvalue weighted by molar-refractivity contribution is 7.98. The van der Waals surface area contributed by atoms with Crippen LogP contribution in [0, 0.1) is 0 Å². The molecule has 2 heterocycles. The minimum atomic E-state index is -0.939. The molecular formula is C33H42N4O6S. The molecule has 236 valence electrons. The van der Waals surface area contributed by atoms with Crippen LogP contribution in [0.25, 0.3) is 0 Å². The Morgan fingerprint density at radius 2 is 1.86 bits per heavy atom. The summed E-state index contributed by atoms with van der Waals surface area (Å²) in [5.41, 5.74) is 1.83. The van der Waals surface area contributed by atoms with Crippen molar-refractivity contribution in [3.05, 3.63) is 83.9 Å². The van der Waals surface area contributed by atoms with Crippen molar-refractivity contribution in [3.8, 4) is 5.75 Å². The minimum Gasteiger partial charge on any atom is -0.497 e. The van der Waals surface area contributed by atoms with Crippen molar-refractivity contribution in [1.29, 1.82) is 0 Å². The third-order valence-corrected chi connectivity index (χ3v) is 8.57. The summed E-state index contributed by atoms with van der Waals surface area (Å²) in [7, 11) is 2.94. The Hall–Kier alpha value is -3.67. The molecule has 1 unspecified atom stereocenters. The number of methoxy groups -OCH3 is 2. The van der Waals surface area contributed by atoms with Crippen molar-refractivity contribution in [2.24, 2.45) is 0 Å². The number of nitrogens with zero attached hydrogens (tertiary/aromatic N) is 2. The number of thioether (sulfide) groups is 1. The Balaban J connectivity index is 1.48. The molecule has 0 aliphatic carbocycles. The van der Waals surface area contributed by atoms with Crippen LogP contribution >= 0.6 is 11.8 Å². The number of benzene rings is 2. The van der Waals surface area contributed by atoms with Crippen LogP contribution in [0.15, 0.2) is 67.1 Å². The second kappa shape index (κ2) is 16.4. The number of carbonyl (C=O) groups excluding carboxylic acids is 3. The first kappa shape index (κ1) is 33.2. The maximum atomic E-state index is 13.9. The van der Waals surface area contributed by atoms with Gasteiger partial charge in [0.1, 0.15) is 23.4 Å². The molecular weight excluding hydrogens is 580 g/mol. The molecule has 3 aromatic rings. The first-order chi connectivity index (χ1) is 21.4. The van der Waals surface area contributed by atoms with Crippen LogP contribution in [-0.4, -0.2) is 84.3 Å². The third-order valence-electron chi connectivity index (χ3n) is 7.93. The van der Waals surface area contributed by atoms with Crippen molar-refractivity contribution in [2.75, 3.05) is 39.4 Å². The molecule has 2 aromatic carbocycles. The number of Topliss-reactive ketones (excluding diaryl/α,β-unsaturated/α-hetero) is 1. The smallest absolute Gasteiger partial charge is 0.328 e. The van der Waals surface area contributed by atoms with Gasteiger partial charge >= 0.3 is 5.97 Å². The van der Waals surface area contributed by atoms with E-state index in [-0.39, 0.29) is 18.8 Å². The summed E-state index contributed by atoms with van der Waals surface area (Å²) in [6, 6.07) is 16.6. The summed E-state index contributed by atoms with van der Waals surface area (Å²) >= 11 is 1.58. The van der Waals surface area contributed by atoms with Crippen LogP contribution in [0.4, 0.5) is 0 Å². The average Bonchev–Trinajstić information content (AvgIpc) is 3.72. The lowest BCUT2D eigenvalue weighted by Crippen LogP contribution is -2.54. The first-order valence-electron chi connectivity index (χ1n) is 14.8. The predicted molar refractivity (Wildman–Crippen MR) is 170 cm³/mol. The number of imidazole rings is 1. The van der Waals surface area contributed by atoms with Gasteiger partial charge in [-0.3, -0.25) is 9.59 Å². The second-order valence-electron chi connectivity index (χ2n) is 10.9. The van der Waals surface area contributed by atoms with Gasteiger partial charge < -0.3 is 29.4 Å². The highest BCUT2D eigenvalue weighted by Gasteiger charge is 2.42. The van der Waals surface area contributed by atoms with Crippen molar-refractivity contribution in [3.63, 3.8) is 0 Å². The van der Waals surface area contributed by atoms with Gasteiger partial charge in [0, 0.05) is 24.9 Å². The third kappa shape index (κ3) is 8.93. The van der Waals surface area contributed by atoms with E-state index in [2.05, 4.69) is 15.6 Å². The van der Waals surface area contributed by atoms with Crippen LogP contribution in [0.2, 0.25) is 0 Å². The van der Waals surface area contributed by atoms with Crippen molar-refractivity contribution >= 4 is 29.4 Å². The van der Waals surface area contributed by atoms with Crippen LogP contribution in [-0.2, 0) is 43.2 Å². The summed E-state index contributed by atoms with van der Waals surface area (Å²) in [5.74, 6) is 0.535. The molecule has 1 aliphatic rings. The quantitative estimate of drug-likeness (QED) is 0.219. The fourth-order valence-corrected chi connectivity index (χ4v) is 5.81. The number of hydrogen-bond acceptors (Lipinski definition) is 9. The molecule has 1 aliphatic heterocycles. The van der Waals surface area contributed by atoms with E-state index in [1.807, 2.05) is 65.4 Å². The number of esters is 1. The van der Waals surface area contributed by atoms with Gasteiger partial charge in [-0.15, -0.1) is 0 Å². The summed E-state index contributed by atoms with van der Waals surface area (Å²) < 4.78 is 18.5. The van der Waals surface area contributed by atoms with Crippen LogP contribution < -0.4 is 15.4 Å². The highest BCUT2D eigenvalue weighted by Crippen LogP contribution is 2.25. The molecule has 4 rings (SSSR count). The largest absolute Gasteiger partial charge is 0.497 e. The molecule has 0 saturated carbocycles. The van der Waals surface area contributed by atoms with Gasteiger partial charge in [0.15, 0.2) is 5.78 Å². The second-order valence-corrected chi connectivity index (χ2v) is 11.9. The number of ether oxygens (including phenoxy) is 3. The van der Waals surface area contributed by atoms with E-state index >= 15 is 0 Å². The average molecular weight is 623 g/mol. The molecule has 44 heavy (non-hydrogen) atoms. The molecule has 1 amide bonds. The van der Waals surface area contributed by atoms with Crippen LogP contribution in [0.3, 0.4) is 0 Å². The Morgan fingerprint density at radius 3 is 2.52 bits per heavy atom. The van der Waals surface area contributed by atoms with Gasteiger partial charge in [-0.25, -0.2) is 9.78 Å². The summed E-state index contributed by atoms with van der Waals surface area (Å²) in [4.78, 5) is 44.2. The van der Waals surface area contributed by atoms with Crippen LogP contribution in [0.1, 0.15) is 36.1 Å². The van der Waals surface area contributed by atoms with Crippen molar-refractivity contribution in [2.45, 2.75) is 56.3 Å². The van der Waals surface area contributed by atoms with E-state index in [0.29, 0.717) is 38.1 Å². The van der Waals surface area contributed by atoms with E-state index in [1.54, 1.807) is 31.4 Å². The zero-order valence-corrected chi connectivity index (χ0v) is 26.4. The molecule has 2 N–H and O–H groups in total.